The van der Waals surface area contributed by atoms with E-state index in [9.17, 15) is 19.8 Å². The van der Waals surface area contributed by atoms with Crippen molar-refractivity contribution >= 4 is 12.2 Å². The predicted octanol–water partition coefficient (Wildman–Crippen LogP) is 8.94. The van der Waals surface area contributed by atoms with E-state index in [1.54, 1.807) is 0 Å². The Morgan fingerprint density at radius 2 is 1.45 bits per heavy atom. The Kier molecular flexibility index (Phi) is 15.1. The van der Waals surface area contributed by atoms with Gasteiger partial charge in [0.25, 0.3) is 0 Å². The van der Waals surface area contributed by atoms with Crippen molar-refractivity contribution in [3.05, 3.63) is 0 Å². The number of nitrogens with one attached hydrogen (secondary N) is 2. The monoisotopic (exact) mass is 748 g/mol. The third-order valence-corrected chi connectivity index (χ3v) is 14.3. The first kappa shape index (κ1) is 44.1. The number of unbranched alkanes of at least 4 members (excludes halogenated alkanes) is 1. The number of hydrogen-bond donors (Lipinski definition) is 4. The Labute approximate surface area is 323 Å². The lowest BCUT2D eigenvalue weighted by Gasteiger charge is -2.62. The van der Waals surface area contributed by atoms with Gasteiger partial charge in [0.05, 0.1) is 12.2 Å². The Morgan fingerprint density at radius 1 is 0.811 bits per heavy atom. The van der Waals surface area contributed by atoms with Crippen molar-refractivity contribution in [2.75, 3.05) is 26.2 Å². The van der Waals surface area contributed by atoms with Gasteiger partial charge in [-0.25, -0.2) is 9.59 Å². The number of carbonyl (C=O) groups excluding carboxylic acids is 2. The maximum absolute atomic E-state index is 13.1. The summed E-state index contributed by atoms with van der Waals surface area (Å²) in [5.41, 5.74) is -0.492. The fourth-order valence-corrected chi connectivity index (χ4v) is 11.5. The van der Waals surface area contributed by atoms with Crippen LogP contribution < -0.4 is 10.6 Å². The molecule has 0 aromatic rings. The standard InChI is InChI=1S/C44H81N3O6/c1-29(2)36(48)18-15-30(3)33-16-17-34-38-35(20-22-44(33,34)11)43(10)21-19-32(27-31(43)28-37(38)49)45-24-14-26-47(40(51)53-42(7,8)9)25-13-12-23-46-39(50)52-41(4,5)6/h29-38,45,48-49H,12-28H2,1-11H3,(H,46,50)/t30?,31?,32?,33?,34?,35?,36?,37?,38?,43-,44+/m0/s1. The molecule has 53 heavy (non-hydrogen) atoms. The van der Waals surface area contributed by atoms with E-state index in [0.717, 1.165) is 51.5 Å². The number of nitrogens with zero attached hydrogens (tertiary/aromatic N) is 1. The minimum Gasteiger partial charge on any atom is -0.444 e. The van der Waals surface area contributed by atoms with Crippen LogP contribution in [0.1, 0.15) is 160 Å². The van der Waals surface area contributed by atoms with Crippen LogP contribution in [0.3, 0.4) is 0 Å². The molecule has 9 heteroatoms. The van der Waals surface area contributed by atoms with Gasteiger partial charge < -0.3 is 35.2 Å². The zero-order chi connectivity index (χ0) is 39.4. The minimum atomic E-state index is -0.559. The lowest BCUT2D eigenvalue weighted by atomic mass is 9.43. The molecule has 0 spiro atoms. The number of aliphatic hydroxyl groups excluding tert-OH is 2. The maximum atomic E-state index is 13.1. The van der Waals surface area contributed by atoms with Crippen molar-refractivity contribution in [1.29, 1.82) is 0 Å². The topological polar surface area (TPSA) is 120 Å². The van der Waals surface area contributed by atoms with Crippen LogP contribution in [0.2, 0.25) is 0 Å². The smallest absolute Gasteiger partial charge is 0.410 e. The molecule has 0 heterocycles. The van der Waals surface area contributed by atoms with Crippen molar-refractivity contribution in [3.63, 3.8) is 0 Å². The van der Waals surface area contributed by atoms with Crippen molar-refractivity contribution in [2.24, 2.45) is 52.3 Å². The highest BCUT2D eigenvalue weighted by Gasteiger charge is 2.62. The molecule has 2 amide bonds. The number of amides is 2. The number of fused-ring (bicyclic) bond motifs is 5. The molecule has 0 aromatic carbocycles. The zero-order valence-corrected chi connectivity index (χ0v) is 35.8. The molecule has 4 aliphatic rings. The predicted molar refractivity (Wildman–Crippen MR) is 214 cm³/mol. The normalized spacial score (nSPS) is 34.0. The van der Waals surface area contributed by atoms with E-state index in [0.29, 0.717) is 77.9 Å². The second kappa shape index (κ2) is 18.1. The van der Waals surface area contributed by atoms with Gasteiger partial charge in [-0.15, -0.1) is 0 Å². The van der Waals surface area contributed by atoms with Crippen molar-refractivity contribution in [3.8, 4) is 0 Å². The fourth-order valence-electron chi connectivity index (χ4n) is 11.5. The van der Waals surface area contributed by atoms with Crippen LogP contribution in [0, 0.1) is 52.3 Å². The molecule has 4 N–H and O–H groups in total. The first-order valence-electron chi connectivity index (χ1n) is 21.7. The summed E-state index contributed by atoms with van der Waals surface area (Å²) in [6.07, 6.45) is 12.8. The molecule has 0 radical (unpaired) electrons. The lowest BCUT2D eigenvalue weighted by Crippen LogP contribution is -2.59. The van der Waals surface area contributed by atoms with Crippen LogP contribution in [-0.2, 0) is 9.47 Å². The second-order valence-corrected chi connectivity index (χ2v) is 20.8. The molecule has 0 bridgehead atoms. The van der Waals surface area contributed by atoms with Gasteiger partial charge in [0.1, 0.15) is 11.2 Å². The average Bonchev–Trinajstić information content (AvgIpc) is 3.40. The Bertz CT molecular complexity index is 1180. The molecule has 0 aromatic heterocycles. The Balaban J connectivity index is 1.26. The van der Waals surface area contributed by atoms with Gasteiger partial charge in [-0.05, 0) is 184 Å². The number of alkyl carbamates (subject to hydrolysis) is 1. The highest BCUT2D eigenvalue weighted by atomic mass is 16.6. The van der Waals surface area contributed by atoms with Crippen LogP contribution >= 0.6 is 0 Å². The van der Waals surface area contributed by atoms with Gasteiger partial charge >= 0.3 is 12.2 Å². The van der Waals surface area contributed by atoms with E-state index >= 15 is 0 Å². The first-order chi connectivity index (χ1) is 24.6. The molecule has 9 nitrogen and oxygen atoms in total. The van der Waals surface area contributed by atoms with Crippen LogP contribution in [0.15, 0.2) is 0 Å². The van der Waals surface area contributed by atoms with E-state index in [2.05, 4.69) is 45.3 Å². The highest BCUT2D eigenvalue weighted by molar-refractivity contribution is 5.68. The summed E-state index contributed by atoms with van der Waals surface area (Å²) in [4.78, 5) is 26.9. The molecular weight excluding hydrogens is 666 g/mol. The molecular formula is C44H81N3O6. The molecule has 4 fully saturated rings. The number of aliphatic hydroxyl groups is 2. The molecule has 308 valence electrons. The maximum Gasteiger partial charge on any atom is 0.410 e. The minimum absolute atomic E-state index is 0.204. The number of hydrogen-bond acceptors (Lipinski definition) is 7. The van der Waals surface area contributed by atoms with Gasteiger partial charge in [0.15, 0.2) is 0 Å². The number of carbonyl (C=O) groups is 2. The summed E-state index contributed by atoms with van der Waals surface area (Å²) < 4.78 is 11.1. The van der Waals surface area contributed by atoms with Gasteiger partial charge in [-0.3, -0.25) is 0 Å². The SMILES string of the molecule is CC(C)C(O)CCC(C)C1CCC2C3C(O)CC4CC(NCCCN(CCCCNC(=O)OC(C)(C)C)C(=O)OC(C)(C)C)CC[C@]4(C)C3CC[C@]12C. The van der Waals surface area contributed by atoms with Crippen molar-refractivity contribution < 1.29 is 29.3 Å². The quantitative estimate of drug-likeness (QED) is 0.124. The second-order valence-electron chi connectivity index (χ2n) is 20.8. The highest BCUT2D eigenvalue weighted by Crippen LogP contribution is 2.68. The molecule has 4 aliphatic carbocycles. The van der Waals surface area contributed by atoms with Crippen molar-refractivity contribution in [2.45, 2.75) is 189 Å². The van der Waals surface area contributed by atoms with E-state index in [4.69, 9.17) is 9.47 Å². The fraction of sp³-hybridized carbons (Fsp3) is 0.955. The van der Waals surface area contributed by atoms with E-state index in [1.807, 2.05) is 46.4 Å². The third-order valence-electron chi connectivity index (χ3n) is 14.3. The summed E-state index contributed by atoms with van der Waals surface area (Å²) in [7, 11) is 0. The summed E-state index contributed by atoms with van der Waals surface area (Å²) in [6.45, 7) is 25.6. The van der Waals surface area contributed by atoms with Gasteiger partial charge in [-0.1, -0.05) is 34.6 Å². The zero-order valence-electron chi connectivity index (χ0n) is 35.8. The molecule has 11 atom stereocenters. The van der Waals surface area contributed by atoms with Crippen LogP contribution in [0.25, 0.3) is 0 Å². The molecule has 9 unspecified atom stereocenters. The van der Waals surface area contributed by atoms with E-state index in [-0.39, 0.29) is 18.3 Å². The van der Waals surface area contributed by atoms with Gasteiger partial charge in [-0.2, -0.15) is 0 Å². The van der Waals surface area contributed by atoms with Gasteiger partial charge in [0, 0.05) is 25.7 Å². The Morgan fingerprint density at radius 3 is 2.11 bits per heavy atom. The summed E-state index contributed by atoms with van der Waals surface area (Å²) in [6, 6.07) is 0.442. The molecule has 0 saturated heterocycles. The summed E-state index contributed by atoms with van der Waals surface area (Å²) in [5.74, 6) is 3.80. The largest absolute Gasteiger partial charge is 0.444 e. The van der Waals surface area contributed by atoms with E-state index in [1.165, 1.54) is 38.5 Å². The van der Waals surface area contributed by atoms with E-state index < -0.39 is 17.3 Å². The Hall–Kier alpha value is -1.58. The lowest BCUT2D eigenvalue weighted by molar-refractivity contribution is -0.167. The summed E-state index contributed by atoms with van der Waals surface area (Å²) in [5, 5.41) is 29.1. The molecule has 4 saturated carbocycles. The van der Waals surface area contributed by atoms with Crippen LogP contribution in [0.4, 0.5) is 9.59 Å². The van der Waals surface area contributed by atoms with Crippen LogP contribution in [-0.4, -0.2) is 82.9 Å². The molecule has 0 aliphatic heterocycles. The first-order valence-corrected chi connectivity index (χ1v) is 21.7. The number of ether oxygens (including phenoxy) is 2. The van der Waals surface area contributed by atoms with Crippen molar-refractivity contribution in [1.82, 2.24) is 15.5 Å². The van der Waals surface area contributed by atoms with Gasteiger partial charge in [0.2, 0.25) is 0 Å². The average molecular weight is 748 g/mol. The summed E-state index contributed by atoms with van der Waals surface area (Å²) >= 11 is 0. The van der Waals surface area contributed by atoms with Crippen LogP contribution in [0.5, 0.6) is 0 Å². The third kappa shape index (κ3) is 11.5. The number of rotatable bonds is 15. The molecule has 4 rings (SSSR count).